The summed E-state index contributed by atoms with van der Waals surface area (Å²) in [6, 6.07) is -0.0423. The second kappa shape index (κ2) is 12.3. The van der Waals surface area contributed by atoms with Gasteiger partial charge in [0.15, 0.2) is 0 Å². The number of amides is 3. The van der Waals surface area contributed by atoms with E-state index in [4.69, 9.17) is 5.73 Å². The second-order valence-electron chi connectivity index (χ2n) is 6.08. The van der Waals surface area contributed by atoms with Crippen LogP contribution < -0.4 is 21.7 Å². The minimum absolute atomic E-state index is 0.0423. The lowest BCUT2D eigenvalue weighted by molar-refractivity contribution is -0.117. The highest BCUT2D eigenvalue weighted by Gasteiger charge is 2.24. The number of anilines is 2. The molecule has 1 atom stereocenters. The van der Waals surface area contributed by atoms with Crippen molar-refractivity contribution in [1.29, 1.82) is 0 Å². The van der Waals surface area contributed by atoms with Gasteiger partial charge in [0.1, 0.15) is 11.4 Å². The average Bonchev–Trinajstić information content (AvgIpc) is 3.14. The molecular formula is C18H29N7O3. The number of aromatic nitrogens is 2. The first kappa shape index (κ1) is 22.9. The van der Waals surface area contributed by atoms with Crippen LogP contribution >= 0.6 is 0 Å². The summed E-state index contributed by atoms with van der Waals surface area (Å²) in [5.74, 6) is 0.194. The van der Waals surface area contributed by atoms with Gasteiger partial charge in [-0.05, 0) is 25.8 Å². The molecule has 1 fully saturated rings. The Morgan fingerprint density at radius 2 is 2.18 bits per heavy atom. The molecule has 1 aliphatic rings. The molecule has 1 unspecified atom stereocenters. The molecule has 10 nitrogen and oxygen atoms in total. The molecule has 1 aromatic rings. The normalized spacial score (nSPS) is 15.1. The molecule has 0 radical (unpaired) electrons. The van der Waals surface area contributed by atoms with Crippen LogP contribution in [0, 0.1) is 0 Å². The minimum Gasteiger partial charge on any atom is -0.369 e. The third-order valence-electron chi connectivity index (χ3n) is 3.83. The minimum atomic E-state index is -0.258. The number of likely N-dealkylation sites (N-methyl/N-ethyl adjacent to an activating group) is 1. The predicted octanol–water partition coefficient (Wildman–Crippen LogP) is 0.150. The van der Waals surface area contributed by atoms with Gasteiger partial charge < -0.3 is 26.6 Å². The van der Waals surface area contributed by atoms with Gasteiger partial charge in [0, 0.05) is 38.4 Å². The lowest BCUT2D eigenvalue weighted by atomic mass is 10.2. The van der Waals surface area contributed by atoms with Crippen LogP contribution in [0.25, 0.3) is 0 Å². The summed E-state index contributed by atoms with van der Waals surface area (Å²) < 4.78 is 0. The molecule has 2 heterocycles. The lowest BCUT2D eigenvalue weighted by Crippen LogP contribution is -2.37. The molecule has 5 N–H and O–H groups in total. The fraction of sp³-hybridized carbons (Fsp3) is 0.500. The van der Waals surface area contributed by atoms with Gasteiger partial charge >= 0.3 is 0 Å². The number of nitrogens with one attached hydrogen (secondary N) is 3. The van der Waals surface area contributed by atoms with Crippen LogP contribution in [-0.4, -0.2) is 65.3 Å². The standard InChI is InChI=1S/C13H20N6O2.C5H9NO/c1-2-4-15-11-10(6-16-13(14)18-11)12(21)17-9-3-5-19(7-9)8-20;1-3-5(7)6-4-2/h6,8-9H,2-5,7H2,1H3,(H,17,21)(H3,14,15,16,18);3H,1,4H2,2H3,(H,6,7). The van der Waals surface area contributed by atoms with Gasteiger partial charge in [0.25, 0.3) is 5.91 Å². The molecule has 28 heavy (non-hydrogen) atoms. The number of carbonyl (C=O) groups is 3. The van der Waals surface area contributed by atoms with Crippen molar-refractivity contribution in [3.63, 3.8) is 0 Å². The number of likely N-dealkylation sites (tertiary alicyclic amines) is 1. The van der Waals surface area contributed by atoms with E-state index in [1.54, 1.807) is 4.90 Å². The van der Waals surface area contributed by atoms with Crippen molar-refractivity contribution in [1.82, 2.24) is 25.5 Å². The van der Waals surface area contributed by atoms with Crippen LogP contribution in [0.2, 0.25) is 0 Å². The van der Waals surface area contributed by atoms with E-state index in [1.165, 1.54) is 12.3 Å². The van der Waals surface area contributed by atoms with E-state index in [0.29, 0.717) is 37.6 Å². The fourth-order valence-electron chi connectivity index (χ4n) is 2.45. The van der Waals surface area contributed by atoms with Crippen molar-refractivity contribution >= 4 is 30.0 Å². The van der Waals surface area contributed by atoms with E-state index in [1.807, 2.05) is 13.8 Å². The van der Waals surface area contributed by atoms with E-state index >= 15 is 0 Å². The molecule has 10 heteroatoms. The Morgan fingerprint density at radius 1 is 1.43 bits per heavy atom. The molecule has 1 aromatic heterocycles. The van der Waals surface area contributed by atoms with Crippen LogP contribution in [0.3, 0.4) is 0 Å². The molecule has 3 amide bonds. The molecule has 0 spiro atoms. The molecule has 0 aromatic carbocycles. The summed E-state index contributed by atoms with van der Waals surface area (Å²) in [6.07, 6.45) is 5.12. The summed E-state index contributed by atoms with van der Waals surface area (Å²) in [7, 11) is 0. The van der Waals surface area contributed by atoms with Crippen molar-refractivity contribution in [2.45, 2.75) is 32.7 Å². The number of carbonyl (C=O) groups excluding carboxylic acids is 3. The van der Waals surface area contributed by atoms with E-state index in [2.05, 4.69) is 32.5 Å². The number of nitrogens with zero attached hydrogens (tertiary/aromatic N) is 3. The maximum Gasteiger partial charge on any atom is 0.256 e. The molecule has 2 rings (SSSR count). The number of nitrogens with two attached hydrogens (primary N) is 1. The third-order valence-corrected chi connectivity index (χ3v) is 3.83. The maximum atomic E-state index is 12.3. The van der Waals surface area contributed by atoms with Gasteiger partial charge in [-0.15, -0.1) is 0 Å². The Kier molecular flexibility index (Phi) is 10.0. The summed E-state index contributed by atoms with van der Waals surface area (Å²) in [5.41, 5.74) is 5.92. The Hall–Kier alpha value is -3.17. The highest BCUT2D eigenvalue weighted by molar-refractivity contribution is 5.98. The third kappa shape index (κ3) is 7.60. The van der Waals surface area contributed by atoms with Crippen LogP contribution in [-0.2, 0) is 9.59 Å². The SMILES string of the molecule is C=CC(=O)NCC.CCCNc1nc(N)ncc1C(=O)NC1CCN(C=O)C1. The van der Waals surface area contributed by atoms with Crippen molar-refractivity contribution in [3.05, 3.63) is 24.4 Å². The molecule has 0 saturated carbocycles. The smallest absolute Gasteiger partial charge is 0.256 e. The predicted molar refractivity (Wildman–Crippen MR) is 108 cm³/mol. The van der Waals surface area contributed by atoms with Gasteiger partial charge in [-0.3, -0.25) is 14.4 Å². The zero-order valence-electron chi connectivity index (χ0n) is 16.4. The van der Waals surface area contributed by atoms with Crippen molar-refractivity contribution in [2.24, 2.45) is 0 Å². The van der Waals surface area contributed by atoms with Crippen LogP contribution in [0.5, 0.6) is 0 Å². The van der Waals surface area contributed by atoms with E-state index in [0.717, 1.165) is 19.3 Å². The van der Waals surface area contributed by atoms with E-state index in [-0.39, 0.29) is 23.8 Å². The van der Waals surface area contributed by atoms with Gasteiger partial charge in [0.2, 0.25) is 18.3 Å². The summed E-state index contributed by atoms with van der Waals surface area (Å²) >= 11 is 0. The zero-order valence-corrected chi connectivity index (χ0v) is 16.4. The molecule has 154 valence electrons. The van der Waals surface area contributed by atoms with Gasteiger partial charge in [-0.2, -0.15) is 4.98 Å². The highest BCUT2D eigenvalue weighted by atomic mass is 16.2. The Balaban J connectivity index is 0.000000480. The van der Waals surface area contributed by atoms with Crippen LogP contribution in [0.4, 0.5) is 11.8 Å². The van der Waals surface area contributed by atoms with E-state index in [9.17, 15) is 14.4 Å². The van der Waals surface area contributed by atoms with Crippen LogP contribution in [0.15, 0.2) is 18.9 Å². The fourth-order valence-corrected chi connectivity index (χ4v) is 2.45. The van der Waals surface area contributed by atoms with Gasteiger partial charge in [-0.1, -0.05) is 13.5 Å². The maximum absolute atomic E-state index is 12.3. The van der Waals surface area contributed by atoms with Crippen molar-refractivity contribution in [3.8, 4) is 0 Å². The Labute approximate surface area is 165 Å². The first-order valence-corrected chi connectivity index (χ1v) is 9.21. The number of nitrogen functional groups attached to an aromatic ring is 1. The highest BCUT2D eigenvalue weighted by Crippen LogP contribution is 2.14. The summed E-state index contributed by atoms with van der Waals surface area (Å²) in [5, 5.41) is 8.50. The molecular weight excluding hydrogens is 362 g/mol. The first-order valence-electron chi connectivity index (χ1n) is 9.21. The second-order valence-corrected chi connectivity index (χ2v) is 6.08. The Bertz CT molecular complexity index is 681. The van der Waals surface area contributed by atoms with Crippen molar-refractivity contribution < 1.29 is 14.4 Å². The quantitative estimate of drug-likeness (QED) is 0.365. The average molecular weight is 391 g/mol. The molecule has 1 saturated heterocycles. The monoisotopic (exact) mass is 391 g/mol. The number of rotatable bonds is 8. The summed E-state index contributed by atoms with van der Waals surface area (Å²) in [6.45, 7) is 9.70. The zero-order chi connectivity index (χ0) is 20.9. The van der Waals surface area contributed by atoms with Gasteiger partial charge in [0.05, 0.1) is 0 Å². The lowest BCUT2D eigenvalue weighted by Gasteiger charge is -2.15. The molecule has 1 aliphatic heterocycles. The number of hydrogen-bond donors (Lipinski definition) is 4. The van der Waals surface area contributed by atoms with Crippen molar-refractivity contribution in [2.75, 3.05) is 37.2 Å². The Morgan fingerprint density at radius 3 is 2.71 bits per heavy atom. The topological polar surface area (TPSA) is 142 Å². The van der Waals surface area contributed by atoms with Crippen LogP contribution in [0.1, 0.15) is 37.0 Å². The molecule has 0 aliphatic carbocycles. The summed E-state index contributed by atoms with van der Waals surface area (Å²) in [4.78, 5) is 42.8. The first-order chi connectivity index (χ1) is 13.4. The van der Waals surface area contributed by atoms with Gasteiger partial charge in [-0.25, -0.2) is 4.98 Å². The largest absolute Gasteiger partial charge is 0.369 e. The molecule has 0 bridgehead atoms. The number of hydrogen-bond acceptors (Lipinski definition) is 7. The van der Waals surface area contributed by atoms with E-state index < -0.39 is 0 Å².